The summed E-state index contributed by atoms with van der Waals surface area (Å²) in [5, 5.41) is 6.31. The Morgan fingerprint density at radius 1 is 1.08 bits per heavy atom. The highest BCUT2D eigenvalue weighted by Crippen LogP contribution is 2.63. The molecule has 4 rings (SSSR count). The van der Waals surface area contributed by atoms with Gasteiger partial charge in [-0.15, -0.1) is 0 Å². The summed E-state index contributed by atoms with van der Waals surface area (Å²) in [5.41, 5.74) is 1.17. The number of nitrogens with one attached hydrogen (secondary N) is 1. The van der Waals surface area contributed by atoms with Crippen molar-refractivity contribution in [3.8, 4) is 0 Å². The molecule has 2 fully saturated rings. The second kappa shape index (κ2) is 5.31. The van der Waals surface area contributed by atoms with Crippen molar-refractivity contribution in [2.75, 3.05) is 0 Å². The number of hydrazone groups is 1. The Hall–Kier alpha value is -1.88. The zero-order valence-electron chi connectivity index (χ0n) is 14.9. The average molecular weight is 356 g/mol. The first-order valence-corrected chi connectivity index (χ1v) is 10.3. The first kappa shape index (κ1) is 16.6. The fourth-order valence-electron chi connectivity index (χ4n) is 4.60. The molecule has 0 amide bonds. The molecule has 2 aromatic carbocycles. The minimum Gasteiger partial charge on any atom is -0.200 e. The third-order valence-electron chi connectivity index (χ3n) is 6.84. The Balaban J connectivity index is 1.64. The van der Waals surface area contributed by atoms with Gasteiger partial charge in [-0.05, 0) is 53.5 Å². The second-order valence-corrected chi connectivity index (χ2v) is 9.82. The van der Waals surface area contributed by atoms with Crippen molar-refractivity contribution >= 4 is 26.5 Å². The van der Waals surface area contributed by atoms with Crippen LogP contribution in [0.3, 0.4) is 0 Å². The first-order valence-electron chi connectivity index (χ1n) is 8.82. The van der Waals surface area contributed by atoms with E-state index in [1.165, 1.54) is 6.42 Å². The molecule has 0 aromatic heterocycles. The minimum absolute atomic E-state index is 0.0103. The molecule has 1 N–H and O–H groups in total. The van der Waals surface area contributed by atoms with Crippen LogP contribution in [0.25, 0.3) is 10.8 Å². The molecule has 2 saturated carbocycles. The first-order chi connectivity index (χ1) is 11.7. The molecule has 25 heavy (non-hydrogen) atoms. The number of hydrogen-bond donors (Lipinski definition) is 1. The maximum Gasteiger partial charge on any atom is 0.276 e. The summed E-state index contributed by atoms with van der Waals surface area (Å²) >= 11 is 0. The Kier molecular flexibility index (Phi) is 3.52. The SMILES string of the molecule is CC12CCC(C/C1=N\NS(=O)(=O)c1ccc3ccccc3c1)C2(C)C. The maximum atomic E-state index is 12.7. The summed E-state index contributed by atoms with van der Waals surface area (Å²) in [6.07, 6.45) is 3.19. The van der Waals surface area contributed by atoms with Crippen molar-refractivity contribution in [2.24, 2.45) is 21.8 Å². The smallest absolute Gasteiger partial charge is 0.200 e. The number of sulfonamides is 1. The zero-order valence-corrected chi connectivity index (χ0v) is 15.7. The Bertz CT molecular complexity index is 978. The Morgan fingerprint density at radius 2 is 1.80 bits per heavy atom. The summed E-state index contributed by atoms with van der Waals surface area (Å²) in [5.74, 6) is 0.599. The van der Waals surface area contributed by atoms with E-state index in [-0.39, 0.29) is 15.7 Å². The highest BCUT2D eigenvalue weighted by Gasteiger charge is 2.60. The van der Waals surface area contributed by atoms with Gasteiger partial charge in [-0.1, -0.05) is 51.1 Å². The highest BCUT2D eigenvalue weighted by atomic mass is 32.2. The topological polar surface area (TPSA) is 58.5 Å². The summed E-state index contributed by atoms with van der Waals surface area (Å²) < 4.78 is 25.4. The summed E-state index contributed by atoms with van der Waals surface area (Å²) in [6.45, 7) is 6.79. The maximum absolute atomic E-state index is 12.7. The van der Waals surface area contributed by atoms with E-state index in [1.807, 2.05) is 30.3 Å². The number of fused-ring (bicyclic) bond motifs is 3. The van der Waals surface area contributed by atoms with Gasteiger partial charge in [0.1, 0.15) is 0 Å². The Labute approximate surface area is 149 Å². The highest BCUT2D eigenvalue weighted by molar-refractivity contribution is 7.89. The van der Waals surface area contributed by atoms with Crippen LogP contribution in [0.5, 0.6) is 0 Å². The predicted molar refractivity (Wildman–Crippen MR) is 101 cm³/mol. The van der Waals surface area contributed by atoms with Gasteiger partial charge in [-0.2, -0.15) is 13.5 Å². The third kappa shape index (κ3) is 2.40. The van der Waals surface area contributed by atoms with Gasteiger partial charge in [0.25, 0.3) is 10.0 Å². The molecule has 2 aliphatic rings. The number of nitrogens with zero attached hydrogens (tertiary/aromatic N) is 1. The van der Waals surface area contributed by atoms with Gasteiger partial charge in [-0.25, -0.2) is 4.83 Å². The molecule has 4 nitrogen and oxygen atoms in total. The number of hydrogen-bond acceptors (Lipinski definition) is 3. The van der Waals surface area contributed by atoms with Crippen LogP contribution in [0.4, 0.5) is 0 Å². The van der Waals surface area contributed by atoms with E-state index in [9.17, 15) is 8.42 Å². The van der Waals surface area contributed by atoms with Crippen LogP contribution in [-0.4, -0.2) is 14.1 Å². The van der Waals surface area contributed by atoms with Crippen LogP contribution in [0.2, 0.25) is 0 Å². The van der Waals surface area contributed by atoms with Crippen molar-refractivity contribution in [1.29, 1.82) is 0 Å². The molecule has 132 valence electrons. The molecule has 2 unspecified atom stereocenters. The predicted octanol–water partition coefficient (Wildman–Crippen LogP) is 4.32. The molecule has 5 heteroatoms. The molecule has 0 saturated heterocycles. The molecule has 0 radical (unpaired) electrons. The second-order valence-electron chi connectivity index (χ2n) is 8.16. The van der Waals surface area contributed by atoms with E-state index in [1.54, 1.807) is 12.1 Å². The van der Waals surface area contributed by atoms with E-state index >= 15 is 0 Å². The van der Waals surface area contributed by atoms with Crippen LogP contribution in [0, 0.1) is 16.7 Å². The molecule has 0 spiro atoms. The average Bonchev–Trinajstić information content (AvgIpc) is 2.93. The lowest BCUT2D eigenvalue weighted by Gasteiger charge is -2.34. The lowest BCUT2D eigenvalue weighted by molar-refractivity contribution is 0.193. The van der Waals surface area contributed by atoms with Gasteiger partial charge in [0.05, 0.1) is 4.90 Å². The van der Waals surface area contributed by atoms with Crippen molar-refractivity contribution in [2.45, 2.75) is 44.9 Å². The van der Waals surface area contributed by atoms with Crippen molar-refractivity contribution in [3.63, 3.8) is 0 Å². The van der Waals surface area contributed by atoms with E-state index in [2.05, 4.69) is 30.7 Å². The van der Waals surface area contributed by atoms with E-state index in [0.717, 1.165) is 29.3 Å². The van der Waals surface area contributed by atoms with Crippen LogP contribution >= 0.6 is 0 Å². The zero-order chi connectivity index (χ0) is 17.9. The minimum atomic E-state index is -3.66. The van der Waals surface area contributed by atoms with Gasteiger partial charge in [0.2, 0.25) is 0 Å². The summed E-state index contributed by atoms with van der Waals surface area (Å²) in [4.78, 5) is 2.74. The van der Waals surface area contributed by atoms with Crippen molar-refractivity contribution in [1.82, 2.24) is 4.83 Å². The molecule has 0 aliphatic heterocycles. The molecule has 0 heterocycles. The van der Waals surface area contributed by atoms with Crippen LogP contribution in [0.1, 0.15) is 40.0 Å². The molecule has 2 atom stereocenters. The summed E-state index contributed by atoms with van der Waals surface area (Å²) in [7, 11) is -3.66. The number of benzene rings is 2. The number of rotatable bonds is 3. The van der Waals surface area contributed by atoms with Gasteiger partial charge in [0, 0.05) is 11.1 Å². The lowest BCUT2D eigenvalue weighted by atomic mass is 9.70. The standard InChI is InChI=1S/C20H24N2O2S/c1-19(2)16-10-11-20(19,3)18(13-16)21-22-25(23,24)17-9-8-14-6-4-5-7-15(14)12-17/h4-9,12,16,22H,10-11,13H2,1-3H3/b21-18+. The normalized spacial score (nSPS) is 29.4. The third-order valence-corrected chi connectivity index (χ3v) is 8.05. The van der Waals surface area contributed by atoms with Gasteiger partial charge < -0.3 is 0 Å². The van der Waals surface area contributed by atoms with E-state index < -0.39 is 10.0 Å². The monoisotopic (exact) mass is 356 g/mol. The lowest BCUT2D eigenvalue weighted by Crippen LogP contribution is -2.34. The fourth-order valence-corrected chi connectivity index (χ4v) is 5.47. The van der Waals surface area contributed by atoms with Gasteiger partial charge in [0.15, 0.2) is 0 Å². The van der Waals surface area contributed by atoms with Crippen molar-refractivity contribution in [3.05, 3.63) is 42.5 Å². The van der Waals surface area contributed by atoms with Crippen LogP contribution < -0.4 is 4.83 Å². The largest absolute Gasteiger partial charge is 0.276 e. The molecule has 2 aliphatic carbocycles. The molecular weight excluding hydrogens is 332 g/mol. The van der Waals surface area contributed by atoms with E-state index in [0.29, 0.717) is 5.92 Å². The Morgan fingerprint density at radius 3 is 2.44 bits per heavy atom. The van der Waals surface area contributed by atoms with Gasteiger partial charge in [-0.3, -0.25) is 0 Å². The molecular formula is C20H24N2O2S. The van der Waals surface area contributed by atoms with E-state index in [4.69, 9.17) is 0 Å². The molecule has 2 aromatic rings. The molecule has 2 bridgehead atoms. The quantitative estimate of drug-likeness (QED) is 0.833. The van der Waals surface area contributed by atoms with Crippen LogP contribution in [0.15, 0.2) is 52.5 Å². The van der Waals surface area contributed by atoms with Crippen LogP contribution in [-0.2, 0) is 10.0 Å². The summed E-state index contributed by atoms with van der Waals surface area (Å²) in [6, 6.07) is 12.9. The fraction of sp³-hybridized carbons (Fsp3) is 0.450. The van der Waals surface area contributed by atoms with Gasteiger partial charge >= 0.3 is 0 Å². The van der Waals surface area contributed by atoms with Crippen molar-refractivity contribution < 1.29 is 8.42 Å².